The highest BCUT2D eigenvalue weighted by atomic mass is 127. The number of ether oxygens (including phenoxy) is 3. The van der Waals surface area contributed by atoms with Crippen molar-refractivity contribution in [1.29, 1.82) is 0 Å². The molecule has 0 amide bonds. The molecule has 1 heterocycles. The van der Waals surface area contributed by atoms with Crippen LogP contribution in [0.5, 0.6) is 5.75 Å². The Morgan fingerprint density at radius 3 is 2.50 bits per heavy atom. The van der Waals surface area contributed by atoms with Crippen molar-refractivity contribution >= 4 is 29.9 Å². The van der Waals surface area contributed by atoms with Crippen molar-refractivity contribution in [3.63, 3.8) is 0 Å². The maximum absolute atomic E-state index is 5.61. The number of guanidine groups is 1. The first-order chi connectivity index (χ1) is 13.3. The van der Waals surface area contributed by atoms with Crippen molar-refractivity contribution in [3.05, 3.63) is 29.8 Å². The first-order valence-electron chi connectivity index (χ1n) is 10.0. The summed E-state index contributed by atoms with van der Waals surface area (Å²) in [6.45, 7) is 7.72. The lowest BCUT2D eigenvalue weighted by atomic mass is 9.98. The van der Waals surface area contributed by atoms with E-state index in [9.17, 15) is 0 Å². The number of unbranched alkanes of at least 4 members (excludes halogenated alkanes) is 1. The summed E-state index contributed by atoms with van der Waals surface area (Å²) in [5.74, 6) is 2.39. The Balaban J connectivity index is 0.00000392. The zero-order chi connectivity index (χ0) is 19.3. The maximum Gasteiger partial charge on any atom is 0.193 e. The van der Waals surface area contributed by atoms with Crippen molar-refractivity contribution in [3.8, 4) is 5.75 Å². The number of nitrogens with zero attached hydrogens (tertiary/aromatic N) is 2. The number of hydrogen-bond acceptors (Lipinski definition) is 4. The van der Waals surface area contributed by atoms with Gasteiger partial charge in [0.1, 0.15) is 5.75 Å². The van der Waals surface area contributed by atoms with Gasteiger partial charge in [-0.3, -0.25) is 4.99 Å². The molecule has 28 heavy (non-hydrogen) atoms. The molecule has 0 aliphatic carbocycles. The molecule has 1 atom stereocenters. The number of aliphatic imine (C=N–C) groups is 1. The average Bonchev–Trinajstić information content (AvgIpc) is 3.19. The van der Waals surface area contributed by atoms with E-state index in [4.69, 9.17) is 14.2 Å². The summed E-state index contributed by atoms with van der Waals surface area (Å²) in [4.78, 5) is 6.75. The second-order valence-corrected chi connectivity index (χ2v) is 6.76. The molecule has 6 nitrogen and oxygen atoms in total. The minimum Gasteiger partial charge on any atom is -0.497 e. The highest BCUT2D eigenvalue weighted by Gasteiger charge is 2.25. The number of rotatable bonds is 11. The quantitative estimate of drug-likeness (QED) is 0.216. The maximum atomic E-state index is 5.61. The SMILES string of the molecule is CCCCOCCOCCNC(=NC)N1CCC(c2ccc(OC)cc2)C1.I. The van der Waals surface area contributed by atoms with Gasteiger partial charge in [-0.05, 0) is 30.5 Å². The van der Waals surface area contributed by atoms with Gasteiger partial charge in [0.15, 0.2) is 5.96 Å². The molecular weight excluding hydrogens is 469 g/mol. The molecule has 1 aliphatic rings. The summed E-state index contributed by atoms with van der Waals surface area (Å²) in [6.07, 6.45) is 3.42. The molecule has 2 rings (SSSR count). The van der Waals surface area contributed by atoms with E-state index >= 15 is 0 Å². The second kappa shape index (κ2) is 14.9. The normalized spacial score (nSPS) is 16.8. The van der Waals surface area contributed by atoms with Gasteiger partial charge >= 0.3 is 0 Å². The van der Waals surface area contributed by atoms with Crippen LogP contribution < -0.4 is 10.1 Å². The van der Waals surface area contributed by atoms with Crippen LogP contribution in [0.25, 0.3) is 0 Å². The van der Waals surface area contributed by atoms with Gasteiger partial charge in [-0.1, -0.05) is 25.5 Å². The van der Waals surface area contributed by atoms with E-state index in [0.717, 1.165) is 50.8 Å². The first kappa shape index (κ1) is 25.0. The topological polar surface area (TPSA) is 55.3 Å². The van der Waals surface area contributed by atoms with Crippen molar-refractivity contribution in [2.45, 2.75) is 32.1 Å². The minimum atomic E-state index is 0. The van der Waals surface area contributed by atoms with Gasteiger partial charge in [0, 0.05) is 39.2 Å². The first-order valence-corrected chi connectivity index (χ1v) is 10.0. The highest BCUT2D eigenvalue weighted by molar-refractivity contribution is 14.0. The van der Waals surface area contributed by atoms with E-state index < -0.39 is 0 Å². The summed E-state index contributed by atoms with van der Waals surface area (Å²) >= 11 is 0. The fourth-order valence-corrected chi connectivity index (χ4v) is 3.24. The monoisotopic (exact) mass is 505 g/mol. The smallest absolute Gasteiger partial charge is 0.193 e. The number of halogens is 1. The van der Waals surface area contributed by atoms with E-state index in [0.29, 0.717) is 25.7 Å². The Hall–Kier alpha value is -1.06. The van der Waals surface area contributed by atoms with Crippen molar-refractivity contribution < 1.29 is 14.2 Å². The van der Waals surface area contributed by atoms with Gasteiger partial charge in [0.2, 0.25) is 0 Å². The van der Waals surface area contributed by atoms with Gasteiger partial charge in [-0.2, -0.15) is 0 Å². The van der Waals surface area contributed by atoms with Gasteiger partial charge < -0.3 is 24.4 Å². The summed E-state index contributed by atoms with van der Waals surface area (Å²) < 4.78 is 16.3. The molecule has 0 radical (unpaired) electrons. The molecule has 1 aromatic carbocycles. The third kappa shape index (κ3) is 8.53. The molecule has 0 spiro atoms. The van der Waals surface area contributed by atoms with Crippen LogP contribution in [0.4, 0.5) is 0 Å². The lowest BCUT2D eigenvalue weighted by Gasteiger charge is -2.22. The Morgan fingerprint density at radius 2 is 1.86 bits per heavy atom. The second-order valence-electron chi connectivity index (χ2n) is 6.76. The Morgan fingerprint density at radius 1 is 1.14 bits per heavy atom. The minimum absolute atomic E-state index is 0. The summed E-state index contributed by atoms with van der Waals surface area (Å²) in [6, 6.07) is 8.40. The summed E-state index contributed by atoms with van der Waals surface area (Å²) in [5, 5.41) is 3.40. The van der Waals surface area contributed by atoms with Crippen molar-refractivity contribution in [1.82, 2.24) is 10.2 Å². The van der Waals surface area contributed by atoms with Crippen LogP contribution in [0.2, 0.25) is 0 Å². The van der Waals surface area contributed by atoms with Crippen LogP contribution >= 0.6 is 24.0 Å². The molecular formula is C21H36IN3O3. The zero-order valence-corrected chi connectivity index (χ0v) is 19.8. The molecule has 1 unspecified atom stereocenters. The number of benzene rings is 1. The van der Waals surface area contributed by atoms with Gasteiger partial charge in [0.25, 0.3) is 0 Å². The molecule has 1 saturated heterocycles. The largest absolute Gasteiger partial charge is 0.497 e. The summed E-state index contributed by atoms with van der Waals surface area (Å²) in [5.41, 5.74) is 1.36. The molecule has 0 aromatic heterocycles. The lowest BCUT2D eigenvalue weighted by molar-refractivity contribution is 0.0486. The van der Waals surface area contributed by atoms with Crippen LogP contribution in [-0.2, 0) is 9.47 Å². The van der Waals surface area contributed by atoms with E-state index in [1.54, 1.807) is 7.11 Å². The van der Waals surface area contributed by atoms with Crippen LogP contribution in [-0.4, -0.2) is 71.1 Å². The molecule has 0 bridgehead atoms. The highest BCUT2D eigenvalue weighted by Crippen LogP contribution is 2.28. The van der Waals surface area contributed by atoms with Gasteiger partial charge in [0.05, 0.1) is 26.9 Å². The average molecular weight is 505 g/mol. The van der Waals surface area contributed by atoms with Crippen molar-refractivity contribution in [2.75, 3.05) is 60.2 Å². The van der Waals surface area contributed by atoms with Gasteiger partial charge in [-0.15, -0.1) is 24.0 Å². The Bertz CT molecular complexity index is 554. The van der Waals surface area contributed by atoms with Crippen LogP contribution in [0.1, 0.15) is 37.7 Å². The third-order valence-corrected chi connectivity index (χ3v) is 4.83. The number of hydrogen-bond donors (Lipinski definition) is 1. The fraction of sp³-hybridized carbons (Fsp3) is 0.667. The predicted molar refractivity (Wildman–Crippen MR) is 125 cm³/mol. The third-order valence-electron chi connectivity index (χ3n) is 4.83. The standard InChI is InChI=1S/C21H35N3O3.HI/c1-4-5-13-26-15-16-27-14-11-23-21(22-2)24-12-10-19(17-24)18-6-8-20(25-3)9-7-18;/h6-9,19H,4-5,10-17H2,1-3H3,(H,22,23);1H. The van der Waals surface area contributed by atoms with E-state index in [1.165, 1.54) is 12.0 Å². The molecule has 7 heteroatoms. The van der Waals surface area contributed by atoms with Crippen LogP contribution in [0, 0.1) is 0 Å². The Labute approximate surface area is 187 Å². The molecule has 0 saturated carbocycles. The van der Waals surface area contributed by atoms with Gasteiger partial charge in [-0.25, -0.2) is 0 Å². The molecule has 1 aliphatic heterocycles. The zero-order valence-electron chi connectivity index (χ0n) is 17.5. The number of likely N-dealkylation sites (tertiary alicyclic amines) is 1. The fourth-order valence-electron chi connectivity index (χ4n) is 3.24. The van der Waals surface area contributed by atoms with E-state index in [-0.39, 0.29) is 24.0 Å². The van der Waals surface area contributed by atoms with Crippen LogP contribution in [0.3, 0.4) is 0 Å². The van der Waals surface area contributed by atoms with Crippen molar-refractivity contribution in [2.24, 2.45) is 4.99 Å². The van der Waals surface area contributed by atoms with E-state index in [2.05, 4.69) is 34.3 Å². The Kier molecular flexibility index (Phi) is 13.3. The molecule has 1 N–H and O–H groups in total. The van der Waals surface area contributed by atoms with Crippen LogP contribution in [0.15, 0.2) is 29.3 Å². The molecule has 1 fully saturated rings. The van der Waals surface area contributed by atoms with E-state index in [1.807, 2.05) is 19.2 Å². The molecule has 160 valence electrons. The predicted octanol–water partition coefficient (Wildman–Crippen LogP) is 3.51. The lowest BCUT2D eigenvalue weighted by Crippen LogP contribution is -2.41. The summed E-state index contributed by atoms with van der Waals surface area (Å²) in [7, 11) is 3.54. The molecule has 1 aromatic rings. The number of nitrogens with one attached hydrogen (secondary N) is 1. The number of methoxy groups -OCH3 is 1.